The van der Waals surface area contributed by atoms with Gasteiger partial charge in [-0.1, -0.05) is 12.1 Å². The molecule has 0 radical (unpaired) electrons. The number of nitro benzene ring substituents is 1. The lowest BCUT2D eigenvalue weighted by atomic mass is 10.1. The Morgan fingerprint density at radius 2 is 2.10 bits per heavy atom. The van der Waals surface area contributed by atoms with Crippen LogP contribution in [-0.2, 0) is 4.74 Å². The van der Waals surface area contributed by atoms with E-state index >= 15 is 0 Å². The fraction of sp³-hybridized carbons (Fsp3) is 0.143. The number of Topliss-reactive ketones (excluding diaryl/α,β-unsaturated/α-hetero) is 1. The number of nitrogens with zero attached hydrogens (tertiary/aromatic N) is 1. The highest BCUT2D eigenvalue weighted by atomic mass is 16.6. The number of aryl methyl sites for hydroxylation is 1. The zero-order valence-corrected chi connectivity index (χ0v) is 11.1. The molecule has 0 fully saturated rings. The molecule has 0 spiro atoms. The summed E-state index contributed by atoms with van der Waals surface area (Å²) in [6.45, 7) is 1.06. The molecule has 0 amide bonds. The second kappa shape index (κ2) is 6.00. The number of carbonyl (C=O) groups is 2. The topological polar surface area (TPSA) is 99.7 Å². The summed E-state index contributed by atoms with van der Waals surface area (Å²) in [5, 5.41) is 10.8. The number of hydrogen-bond donors (Lipinski definition) is 0. The predicted molar refractivity (Wildman–Crippen MR) is 71.2 cm³/mol. The van der Waals surface area contributed by atoms with Crippen LogP contribution in [0.4, 0.5) is 5.69 Å². The molecule has 21 heavy (non-hydrogen) atoms. The molecule has 0 aliphatic carbocycles. The molecule has 1 aromatic carbocycles. The smallest absolute Gasteiger partial charge is 0.374 e. The minimum absolute atomic E-state index is 0.0160. The van der Waals surface area contributed by atoms with Crippen molar-refractivity contribution in [3.63, 3.8) is 0 Å². The molecule has 0 saturated carbocycles. The Balaban J connectivity index is 2.05. The van der Waals surface area contributed by atoms with Crippen LogP contribution in [0.5, 0.6) is 0 Å². The lowest BCUT2D eigenvalue weighted by molar-refractivity contribution is -0.385. The maximum atomic E-state index is 11.9. The number of furan rings is 1. The van der Waals surface area contributed by atoms with Crippen LogP contribution >= 0.6 is 0 Å². The Morgan fingerprint density at radius 1 is 1.33 bits per heavy atom. The van der Waals surface area contributed by atoms with Crippen molar-refractivity contribution in [3.05, 3.63) is 63.6 Å². The first-order valence-corrected chi connectivity index (χ1v) is 5.98. The zero-order chi connectivity index (χ0) is 15.4. The van der Waals surface area contributed by atoms with Crippen molar-refractivity contribution >= 4 is 17.4 Å². The van der Waals surface area contributed by atoms with Gasteiger partial charge in [0.2, 0.25) is 11.5 Å². The van der Waals surface area contributed by atoms with E-state index in [2.05, 4.69) is 0 Å². The molecule has 7 nitrogen and oxygen atoms in total. The molecule has 2 rings (SSSR count). The minimum Gasteiger partial charge on any atom is -0.457 e. The third-order valence-electron chi connectivity index (χ3n) is 2.78. The van der Waals surface area contributed by atoms with Gasteiger partial charge in [0.25, 0.3) is 5.69 Å². The van der Waals surface area contributed by atoms with Gasteiger partial charge in [-0.25, -0.2) is 4.79 Å². The Morgan fingerprint density at radius 3 is 2.71 bits per heavy atom. The number of esters is 1. The highest BCUT2D eigenvalue weighted by Crippen LogP contribution is 2.19. The summed E-state index contributed by atoms with van der Waals surface area (Å²) >= 11 is 0. The van der Waals surface area contributed by atoms with Crippen LogP contribution in [0, 0.1) is 17.0 Å². The van der Waals surface area contributed by atoms with Crippen molar-refractivity contribution in [1.29, 1.82) is 0 Å². The summed E-state index contributed by atoms with van der Waals surface area (Å²) < 4.78 is 9.61. The fourth-order valence-corrected chi connectivity index (χ4v) is 1.66. The molecule has 2 aromatic rings. The van der Waals surface area contributed by atoms with Crippen molar-refractivity contribution in [3.8, 4) is 0 Å². The van der Waals surface area contributed by atoms with E-state index < -0.39 is 23.3 Å². The van der Waals surface area contributed by atoms with Crippen LogP contribution < -0.4 is 0 Å². The van der Waals surface area contributed by atoms with Crippen LogP contribution in [0.25, 0.3) is 0 Å². The summed E-state index contributed by atoms with van der Waals surface area (Å²) in [6.07, 6.45) is 1.31. The first-order valence-electron chi connectivity index (χ1n) is 5.98. The average molecular weight is 289 g/mol. The molecule has 0 aliphatic heterocycles. The quantitative estimate of drug-likeness (QED) is 0.363. The Hall–Kier alpha value is -2.96. The number of benzene rings is 1. The van der Waals surface area contributed by atoms with E-state index in [0.29, 0.717) is 5.56 Å². The maximum absolute atomic E-state index is 11.9. The van der Waals surface area contributed by atoms with Gasteiger partial charge in [0.05, 0.1) is 11.2 Å². The van der Waals surface area contributed by atoms with Gasteiger partial charge in [0.1, 0.15) is 0 Å². The van der Waals surface area contributed by atoms with E-state index in [1.807, 2.05) is 0 Å². The first-order chi connectivity index (χ1) is 9.99. The Bertz CT molecular complexity index is 689. The number of ether oxygens (including phenoxy) is 1. The number of nitro groups is 1. The zero-order valence-electron chi connectivity index (χ0n) is 11.1. The molecule has 0 atom stereocenters. The standard InChI is InChI=1S/C14H11NO6/c1-9-4-5-10(7-11(9)15(18)19)12(16)8-21-14(17)13-3-2-6-20-13/h2-7H,8H2,1H3. The predicted octanol–water partition coefficient (Wildman–Crippen LogP) is 2.54. The summed E-state index contributed by atoms with van der Waals surface area (Å²) in [5.74, 6) is -1.31. The Labute approximate surface area is 119 Å². The molecule has 1 aromatic heterocycles. The van der Waals surface area contributed by atoms with Crippen LogP contribution in [-0.4, -0.2) is 23.3 Å². The molecule has 0 saturated heterocycles. The molecule has 0 N–H and O–H groups in total. The van der Waals surface area contributed by atoms with Gasteiger partial charge in [0, 0.05) is 17.2 Å². The lowest BCUT2D eigenvalue weighted by Gasteiger charge is -2.04. The number of ketones is 1. The second-order valence-corrected chi connectivity index (χ2v) is 4.23. The molecule has 7 heteroatoms. The van der Waals surface area contributed by atoms with E-state index in [1.54, 1.807) is 6.92 Å². The van der Waals surface area contributed by atoms with Crippen molar-refractivity contribution in [2.75, 3.05) is 6.61 Å². The summed E-state index contributed by atoms with van der Waals surface area (Å²) in [7, 11) is 0. The molecular formula is C14H11NO6. The van der Waals surface area contributed by atoms with Gasteiger partial charge in [-0.15, -0.1) is 0 Å². The largest absolute Gasteiger partial charge is 0.457 e. The average Bonchev–Trinajstić information content (AvgIpc) is 2.98. The maximum Gasteiger partial charge on any atom is 0.374 e. The molecule has 0 unspecified atom stereocenters. The van der Waals surface area contributed by atoms with Crippen LogP contribution in [0.2, 0.25) is 0 Å². The number of hydrogen-bond acceptors (Lipinski definition) is 6. The van der Waals surface area contributed by atoms with E-state index in [-0.39, 0.29) is 17.0 Å². The van der Waals surface area contributed by atoms with Crippen molar-refractivity contribution in [2.45, 2.75) is 6.92 Å². The fourth-order valence-electron chi connectivity index (χ4n) is 1.66. The Kier molecular flexibility index (Phi) is 4.13. The van der Waals surface area contributed by atoms with Gasteiger partial charge in [-0.3, -0.25) is 14.9 Å². The summed E-state index contributed by atoms with van der Waals surface area (Å²) in [5.41, 5.74) is 0.405. The summed E-state index contributed by atoms with van der Waals surface area (Å²) in [6, 6.07) is 7.01. The van der Waals surface area contributed by atoms with Crippen molar-refractivity contribution in [2.24, 2.45) is 0 Å². The minimum atomic E-state index is -0.769. The number of rotatable bonds is 5. The molecule has 0 bridgehead atoms. The van der Waals surface area contributed by atoms with E-state index in [4.69, 9.17) is 9.15 Å². The van der Waals surface area contributed by atoms with Gasteiger partial charge >= 0.3 is 5.97 Å². The number of carbonyl (C=O) groups excluding carboxylic acids is 2. The van der Waals surface area contributed by atoms with Crippen molar-refractivity contribution < 1.29 is 23.7 Å². The molecule has 1 heterocycles. The molecule has 108 valence electrons. The van der Waals surface area contributed by atoms with Crippen molar-refractivity contribution in [1.82, 2.24) is 0 Å². The van der Waals surface area contributed by atoms with E-state index in [1.165, 1.54) is 36.6 Å². The van der Waals surface area contributed by atoms with Gasteiger partial charge in [-0.2, -0.15) is 0 Å². The first kappa shape index (κ1) is 14.4. The SMILES string of the molecule is Cc1ccc(C(=O)COC(=O)c2ccco2)cc1[N+](=O)[O-]. The van der Waals surface area contributed by atoms with Crippen LogP contribution in [0.1, 0.15) is 26.5 Å². The highest BCUT2D eigenvalue weighted by Gasteiger charge is 2.17. The molecule has 0 aliphatic rings. The van der Waals surface area contributed by atoms with Gasteiger partial charge < -0.3 is 9.15 Å². The lowest BCUT2D eigenvalue weighted by Crippen LogP contribution is -2.14. The van der Waals surface area contributed by atoms with E-state index in [9.17, 15) is 19.7 Å². The highest BCUT2D eigenvalue weighted by molar-refractivity contribution is 5.99. The van der Waals surface area contributed by atoms with Gasteiger partial charge in [-0.05, 0) is 19.1 Å². The summed E-state index contributed by atoms with van der Waals surface area (Å²) in [4.78, 5) is 33.6. The monoisotopic (exact) mass is 289 g/mol. The van der Waals surface area contributed by atoms with Crippen LogP contribution in [0.15, 0.2) is 41.0 Å². The third kappa shape index (κ3) is 3.33. The van der Waals surface area contributed by atoms with E-state index in [0.717, 1.165) is 0 Å². The third-order valence-corrected chi connectivity index (χ3v) is 2.78. The second-order valence-electron chi connectivity index (χ2n) is 4.23. The normalized spacial score (nSPS) is 10.1. The van der Waals surface area contributed by atoms with Gasteiger partial charge in [0.15, 0.2) is 6.61 Å². The molecular weight excluding hydrogens is 278 g/mol. The van der Waals surface area contributed by atoms with Crippen LogP contribution in [0.3, 0.4) is 0 Å².